The van der Waals surface area contributed by atoms with E-state index in [-0.39, 0.29) is 17.9 Å². The summed E-state index contributed by atoms with van der Waals surface area (Å²) in [6.07, 6.45) is 7.34. The molecule has 0 unspecified atom stereocenters. The molecule has 2 heterocycles. The lowest BCUT2D eigenvalue weighted by molar-refractivity contribution is -0.129. The van der Waals surface area contributed by atoms with E-state index in [2.05, 4.69) is 14.9 Å². The Hall–Kier alpha value is -2.30. The topological polar surface area (TPSA) is 58.2 Å². The summed E-state index contributed by atoms with van der Waals surface area (Å²) in [6.45, 7) is 4.84. The lowest BCUT2D eigenvalue weighted by atomic mass is 10.1. The summed E-state index contributed by atoms with van der Waals surface area (Å²) >= 11 is 0. The number of hydrogen-bond acceptors (Lipinski definition) is 3. The smallest absolute Gasteiger partial charge is 0.223 e. The molecule has 5 nitrogen and oxygen atoms in total. The number of likely N-dealkylation sites (tertiary alicyclic amines) is 1. The molecule has 1 aromatic carbocycles. The number of H-pyrrole nitrogens is 1. The van der Waals surface area contributed by atoms with E-state index in [4.69, 9.17) is 4.74 Å². The molecule has 1 saturated carbocycles. The van der Waals surface area contributed by atoms with Crippen molar-refractivity contribution in [3.05, 3.63) is 36.3 Å². The largest absolute Gasteiger partial charge is 0.490 e. The van der Waals surface area contributed by atoms with E-state index in [1.54, 1.807) is 0 Å². The molecule has 5 heteroatoms. The molecule has 0 radical (unpaired) electrons. The van der Waals surface area contributed by atoms with E-state index in [0.717, 1.165) is 42.2 Å². The molecule has 2 fully saturated rings. The maximum atomic E-state index is 12.5. The summed E-state index contributed by atoms with van der Waals surface area (Å²) in [5, 5.41) is 0. The summed E-state index contributed by atoms with van der Waals surface area (Å²) in [6, 6.07) is 8.45. The lowest BCUT2D eigenvalue weighted by Gasteiger charge is -2.23. The molecule has 1 atom stereocenters. The second-order valence-electron chi connectivity index (χ2n) is 7.73. The molecule has 0 spiro atoms. The fourth-order valence-electron chi connectivity index (χ4n) is 4.21. The molecule has 1 saturated heterocycles. The number of nitrogens with one attached hydrogen (secondary N) is 1. The van der Waals surface area contributed by atoms with Crippen LogP contribution < -0.4 is 4.74 Å². The molecule has 0 bridgehead atoms. The molecule has 2 aliphatic rings. The van der Waals surface area contributed by atoms with Crippen molar-refractivity contribution in [2.45, 2.75) is 64.0 Å². The zero-order valence-corrected chi connectivity index (χ0v) is 15.6. The second kappa shape index (κ2) is 7.14. The first-order valence-electron chi connectivity index (χ1n) is 9.72. The first kappa shape index (κ1) is 17.1. The minimum Gasteiger partial charge on any atom is -0.490 e. The number of para-hydroxylation sites is 1. The first-order chi connectivity index (χ1) is 12.6. The van der Waals surface area contributed by atoms with Crippen LogP contribution >= 0.6 is 0 Å². The lowest BCUT2D eigenvalue weighted by Crippen LogP contribution is -2.34. The van der Waals surface area contributed by atoms with E-state index < -0.39 is 0 Å². The SMILES string of the molecule is CC(C)Oc1ccccc1-c1cnc([C@H]2CC(=O)N(C3CCCC3)C2)[nH]1. The third-order valence-electron chi connectivity index (χ3n) is 5.45. The van der Waals surface area contributed by atoms with Gasteiger partial charge in [-0.05, 0) is 38.8 Å². The fourth-order valence-corrected chi connectivity index (χ4v) is 4.21. The molecule has 1 aliphatic heterocycles. The van der Waals surface area contributed by atoms with Gasteiger partial charge in [-0.15, -0.1) is 0 Å². The number of hydrogen-bond donors (Lipinski definition) is 1. The van der Waals surface area contributed by atoms with Gasteiger partial charge in [-0.2, -0.15) is 0 Å². The van der Waals surface area contributed by atoms with Crippen molar-refractivity contribution in [3.63, 3.8) is 0 Å². The summed E-state index contributed by atoms with van der Waals surface area (Å²) in [4.78, 5) is 22.6. The van der Waals surface area contributed by atoms with E-state index in [1.165, 1.54) is 12.8 Å². The zero-order valence-electron chi connectivity index (χ0n) is 15.6. The van der Waals surface area contributed by atoms with E-state index in [1.807, 2.05) is 44.3 Å². The molecule has 2 aromatic rings. The van der Waals surface area contributed by atoms with E-state index >= 15 is 0 Å². The van der Waals surface area contributed by atoms with Crippen molar-refractivity contribution in [2.24, 2.45) is 0 Å². The number of aromatic nitrogens is 2. The Morgan fingerprint density at radius 1 is 1.23 bits per heavy atom. The van der Waals surface area contributed by atoms with Crippen LogP contribution in [0.1, 0.15) is 57.7 Å². The second-order valence-corrected chi connectivity index (χ2v) is 7.73. The Kier molecular flexibility index (Phi) is 4.70. The van der Waals surface area contributed by atoms with Gasteiger partial charge in [-0.25, -0.2) is 4.98 Å². The number of carbonyl (C=O) groups excluding carboxylic acids is 1. The average molecular weight is 353 g/mol. The monoisotopic (exact) mass is 353 g/mol. The Balaban J connectivity index is 1.53. The third kappa shape index (κ3) is 3.35. The molecule has 1 aromatic heterocycles. The van der Waals surface area contributed by atoms with Gasteiger partial charge in [0.05, 0.1) is 18.0 Å². The highest BCUT2D eigenvalue weighted by Gasteiger charge is 2.37. The average Bonchev–Trinajstić information content (AvgIpc) is 3.35. The molecule has 1 aliphatic carbocycles. The minimum absolute atomic E-state index is 0.117. The van der Waals surface area contributed by atoms with Crippen molar-refractivity contribution >= 4 is 5.91 Å². The van der Waals surface area contributed by atoms with Crippen LogP contribution in [0.4, 0.5) is 0 Å². The maximum absolute atomic E-state index is 12.5. The number of benzene rings is 1. The van der Waals surface area contributed by atoms with Gasteiger partial charge >= 0.3 is 0 Å². The van der Waals surface area contributed by atoms with Gasteiger partial charge in [-0.1, -0.05) is 25.0 Å². The number of rotatable bonds is 5. The normalized spacial score (nSPS) is 21.1. The van der Waals surface area contributed by atoms with Crippen molar-refractivity contribution < 1.29 is 9.53 Å². The zero-order chi connectivity index (χ0) is 18.1. The van der Waals surface area contributed by atoms with Crippen LogP contribution in [0.15, 0.2) is 30.5 Å². The van der Waals surface area contributed by atoms with Gasteiger partial charge in [-0.3, -0.25) is 4.79 Å². The third-order valence-corrected chi connectivity index (χ3v) is 5.45. The Labute approximate surface area is 154 Å². The quantitative estimate of drug-likeness (QED) is 0.879. The number of carbonyl (C=O) groups is 1. The van der Waals surface area contributed by atoms with Crippen LogP contribution in [0, 0.1) is 0 Å². The number of imidazole rings is 1. The summed E-state index contributed by atoms with van der Waals surface area (Å²) in [5.41, 5.74) is 1.96. The van der Waals surface area contributed by atoms with Crippen LogP contribution in [0.25, 0.3) is 11.3 Å². The minimum atomic E-state index is 0.117. The molecular formula is C21H27N3O2. The van der Waals surface area contributed by atoms with Crippen molar-refractivity contribution in [1.82, 2.24) is 14.9 Å². The Morgan fingerprint density at radius 3 is 2.77 bits per heavy atom. The molecule has 4 rings (SSSR count). The number of ether oxygens (including phenoxy) is 1. The van der Waals surface area contributed by atoms with Gasteiger partial charge in [0.15, 0.2) is 0 Å². The summed E-state index contributed by atoms with van der Waals surface area (Å²) < 4.78 is 5.93. The van der Waals surface area contributed by atoms with Gasteiger partial charge in [0.25, 0.3) is 0 Å². The van der Waals surface area contributed by atoms with Crippen molar-refractivity contribution in [2.75, 3.05) is 6.54 Å². The number of nitrogens with zero attached hydrogens (tertiary/aromatic N) is 2. The highest BCUT2D eigenvalue weighted by atomic mass is 16.5. The Morgan fingerprint density at radius 2 is 2.00 bits per heavy atom. The molecule has 1 N–H and O–H groups in total. The highest BCUT2D eigenvalue weighted by Crippen LogP contribution is 2.35. The van der Waals surface area contributed by atoms with Gasteiger partial charge < -0.3 is 14.6 Å². The summed E-state index contributed by atoms with van der Waals surface area (Å²) in [5.74, 6) is 2.21. The molecule has 26 heavy (non-hydrogen) atoms. The van der Waals surface area contributed by atoms with Crippen LogP contribution in [0.2, 0.25) is 0 Å². The predicted molar refractivity (Wildman–Crippen MR) is 101 cm³/mol. The standard InChI is InChI=1S/C21H27N3O2/c1-14(2)26-19-10-6-5-9-17(19)18-12-22-21(23-18)15-11-20(25)24(13-15)16-7-3-4-8-16/h5-6,9-10,12,14-16H,3-4,7-8,11,13H2,1-2H3,(H,22,23)/t15-/m0/s1. The highest BCUT2D eigenvalue weighted by molar-refractivity contribution is 5.80. The van der Waals surface area contributed by atoms with Crippen molar-refractivity contribution in [3.8, 4) is 17.0 Å². The van der Waals surface area contributed by atoms with E-state index in [9.17, 15) is 4.79 Å². The number of amides is 1. The van der Waals surface area contributed by atoms with Gasteiger partial charge in [0.2, 0.25) is 5.91 Å². The maximum Gasteiger partial charge on any atom is 0.223 e. The number of aromatic amines is 1. The van der Waals surface area contributed by atoms with Gasteiger partial charge in [0, 0.05) is 30.5 Å². The molecule has 138 valence electrons. The molecule has 1 amide bonds. The van der Waals surface area contributed by atoms with Crippen LogP contribution in [-0.4, -0.2) is 39.5 Å². The Bertz CT molecular complexity index is 777. The van der Waals surface area contributed by atoms with Crippen LogP contribution in [-0.2, 0) is 4.79 Å². The summed E-state index contributed by atoms with van der Waals surface area (Å²) in [7, 11) is 0. The van der Waals surface area contributed by atoms with E-state index in [0.29, 0.717) is 12.5 Å². The fraction of sp³-hybridized carbons (Fsp3) is 0.524. The van der Waals surface area contributed by atoms with Crippen LogP contribution in [0.5, 0.6) is 5.75 Å². The van der Waals surface area contributed by atoms with Crippen molar-refractivity contribution in [1.29, 1.82) is 0 Å². The predicted octanol–water partition coefficient (Wildman–Crippen LogP) is 4.12. The van der Waals surface area contributed by atoms with Gasteiger partial charge in [0.1, 0.15) is 11.6 Å². The molecular weight excluding hydrogens is 326 g/mol. The first-order valence-corrected chi connectivity index (χ1v) is 9.72. The van der Waals surface area contributed by atoms with Crippen LogP contribution in [0.3, 0.4) is 0 Å².